The number of hydrogen-bond donors (Lipinski definition) is 1. The summed E-state index contributed by atoms with van der Waals surface area (Å²) in [4.78, 5) is 36.7. The van der Waals surface area contributed by atoms with E-state index in [2.05, 4.69) is 4.98 Å². The number of pyridine rings is 1. The lowest BCUT2D eigenvalue weighted by Gasteiger charge is -2.23. The predicted octanol–water partition coefficient (Wildman–Crippen LogP) is 2.83. The highest BCUT2D eigenvalue weighted by Crippen LogP contribution is 2.29. The molecule has 0 saturated heterocycles. The fourth-order valence-electron chi connectivity index (χ4n) is 2.60. The van der Waals surface area contributed by atoms with Crippen molar-refractivity contribution in [1.82, 2.24) is 4.98 Å². The van der Waals surface area contributed by atoms with Gasteiger partial charge in [0.2, 0.25) is 5.75 Å². The third-order valence-corrected chi connectivity index (χ3v) is 3.98. The van der Waals surface area contributed by atoms with E-state index < -0.39 is 11.9 Å². The molecule has 168 valence electrons. The molecule has 0 spiro atoms. The van der Waals surface area contributed by atoms with Crippen molar-refractivity contribution in [2.45, 2.75) is 39.4 Å². The molecule has 0 bridgehead atoms. The zero-order valence-corrected chi connectivity index (χ0v) is 18.3. The molecule has 0 aliphatic heterocycles. The van der Waals surface area contributed by atoms with Gasteiger partial charge in [-0.3, -0.25) is 14.4 Å². The molecule has 9 heteroatoms. The number of ether oxygens (including phenoxy) is 4. The van der Waals surface area contributed by atoms with Crippen LogP contribution in [0.2, 0.25) is 0 Å². The van der Waals surface area contributed by atoms with E-state index in [9.17, 15) is 14.4 Å². The second kappa shape index (κ2) is 13.0. The van der Waals surface area contributed by atoms with Gasteiger partial charge in [0.15, 0.2) is 11.4 Å². The molecule has 1 heterocycles. The molecule has 1 aromatic carbocycles. The van der Waals surface area contributed by atoms with Crippen molar-refractivity contribution in [1.29, 1.82) is 0 Å². The van der Waals surface area contributed by atoms with Gasteiger partial charge in [-0.15, -0.1) is 0 Å². The lowest BCUT2D eigenvalue weighted by Crippen LogP contribution is -2.23. The minimum Gasteiger partial charge on any atom is -0.493 e. The number of esters is 2. The van der Waals surface area contributed by atoms with Gasteiger partial charge >= 0.3 is 11.9 Å². The maximum absolute atomic E-state index is 11.2. The Kier molecular flexibility index (Phi) is 10.7. The molecule has 2 rings (SSSR count). The van der Waals surface area contributed by atoms with E-state index >= 15 is 0 Å². The first-order valence-electron chi connectivity index (χ1n) is 9.53. The summed E-state index contributed by atoms with van der Waals surface area (Å²) in [6, 6.07) is 11.2. The molecule has 1 amide bonds. The van der Waals surface area contributed by atoms with Crippen molar-refractivity contribution in [2.24, 2.45) is 5.73 Å². The molecule has 2 atom stereocenters. The highest BCUT2D eigenvalue weighted by molar-refractivity contribution is 5.95. The van der Waals surface area contributed by atoms with Gasteiger partial charge in [-0.05, 0) is 12.5 Å². The predicted molar refractivity (Wildman–Crippen MR) is 113 cm³/mol. The average Bonchev–Trinajstić information content (AvgIpc) is 2.75. The summed E-state index contributed by atoms with van der Waals surface area (Å²) in [5, 5.41) is 0. The number of aromatic nitrogens is 1. The monoisotopic (exact) mass is 432 g/mol. The largest absolute Gasteiger partial charge is 0.493 e. The number of carbonyl (C=O) groups excluding carboxylic acids is 3. The number of primary amides is 1. The van der Waals surface area contributed by atoms with Crippen LogP contribution in [0.5, 0.6) is 11.5 Å². The van der Waals surface area contributed by atoms with Crippen LogP contribution < -0.4 is 15.2 Å². The Morgan fingerprint density at radius 1 is 1.10 bits per heavy atom. The second-order valence-corrected chi connectivity index (χ2v) is 6.26. The van der Waals surface area contributed by atoms with Crippen LogP contribution in [0.3, 0.4) is 0 Å². The van der Waals surface area contributed by atoms with Crippen LogP contribution in [-0.2, 0) is 19.1 Å². The number of hydrogen-bond acceptors (Lipinski definition) is 8. The van der Waals surface area contributed by atoms with Crippen LogP contribution in [0.4, 0.5) is 0 Å². The zero-order chi connectivity index (χ0) is 23.4. The van der Waals surface area contributed by atoms with Crippen molar-refractivity contribution < 1.29 is 33.3 Å². The lowest BCUT2D eigenvalue weighted by atomic mass is 10.1. The van der Waals surface area contributed by atoms with E-state index in [1.807, 2.05) is 37.3 Å². The molecular formula is C22H28N2O7. The molecule has 2 unspecified atom stereocenters. The molecule has 31 heavy (non-hydrogen) atoms. The summed E-state index contributed by atoms with van der Waals surface area (Å²) in [7, 11) is 3.00. The Morgan fingerprint density at radius 2 is 1.74 bits per heavy atom. The van der Waals surface area contributed by atoms with Crippen LogP contribution in [-0.4, -0.2) is 43.2 Å². The summed E-state index contributed by atoms with van der Waals surface area (Å²) in [6.07, 6.45) is 1.23. The highest BCUT2D eigenvalue weighted by atomic mass is 16.6. The summed E-state index contributed by atoms with van der Waals surface area (Å²) in [5.74, 6) is -1.39. The molecule has 2 N–H and O–H groups in total. The third-order valence-electron chi connectivity index (χ3n) is 3.98. The van der Waals surface area contributed by atoms with Crippen molar-refractivity contribution in [3.63, 3.8) is 0 Å². The van der Waals surface area contributed by atoms with Gasteiger partial charge < -0.3 is 24.7 Å². The molecule has 0 aliphatic rings. The van der Waals surface area contributed by atoms with Gasteiger partial charge in [0.25, 0.3) is 5.91 Å². The van der Waals surface area contributed by atoms with Crippen molar-refractivity contribution >= 4 is 17.8 Å². The third kappa shape index (κ3) is 8.06. The van der Waals surface area contributed by atoms with Crippen LogP contribution >= 0.6 is 0 Å². The molecular weight excluding hydrogens is 404 g/mol. The van der Waals surface area contributed by atoms with Gasteiger partial charge in [-0.25, -0.2) is 4.98 Å². The minimum absolute atomic E-state index is 0.0556. The Labute approximate surface area is 181 Å². The number of methoxy groups -OCH3 is 2. The number of carbonyl (C=O) groups is 3. The standard InChI is InChI=1S/C13H18O3.C9H10N2O4/c1-4-12(14)16-10(2)13(15-3)11-8-6-5-7-9-11;1-5(12)15-8-6(14-2)3-4-11-7(8)9(10)13/h5-10,13H,4H2,1-3H3;3-4H,1-2H3,(H2,10,13). The number of rotatable bonds is 8. The van der Waals surface area contributed by atoms with Crippen molar-refractivity contribution in [3.05, 3.63) is 53.9 Å². The second-order valence-electron chi connectivity index (χ2n) is 6.26. The molecule has 0 radical (unpaired) electrons. The first kappa shape index (κ1) is 25.6. The van der Waals surface area contributed by atoms with Crippen molar-refractivity contribution in [3.8, 4) is 11.5 Å². The van der Waals surface area contributed by atoms with Crippen LogP contribution in [0.15, 0.2) is 42.6 Å². The van der Waals surface area contributed by atoms with Crippen LogP contribution in [0.25, 0.3) is 0 Å². The Morgan fingerprint density at radius 3 is 2.23 bits per heavy atom. The fourth-order valence-corrected chi connectivity index (χ4v) is 2.60. The first-order chi connectivity index (χ1) is 14.7. The zero-order valence-electron chi connectivity index (χ0n) is 18.3. The van der Waals surface area contributed by atoms with E-state index in [1.165, 1.54) is 26.3 Å². The molecule has 0 saturated carbocycles. The van der Waals surface area contributed by atoms with Gasteiger partial charge in [0, 0.05) is 32.7 Å². The number of nitrogens with zero attached hydrogens (tertiary/aromatic N) is 1. The van der Waals surface area contributed by atoms with E-state index in [4.69, 9.17) is 24.7 Å². The minimum atomic E-state index is -0.787. The molecule has 2 aromatic rings. The quantitative estimate of drug-likeness (QED) is 0.631. The summed E-state index contributed by atoms with van der Waals surface area (Å²) >= 11 is 0. The normalized spacial score (nSPS) is 11.9. The Bertz CT molecular complexity index is 871. The summed E-state index contributed by atoms with van der Waals surface area (Å²) < 4.78 is 20.3. The van der Waals surface area contributed by atoms with Gasteiger partial charge in [0.05, 0.1) is 7.11 Å². The van der Waals surface area contributed by atoms with Gasteiger partial charge in [-0.1, -0.05) is 37.3 Å². The smallest absolute Gasteiger partial charge is 0.308 e. The average molecular weight is 432 g/mol. The maximum Gasteiger partial charge on any atom is 0.308 e. The molecule has 0 fully saturated rings. The molecule has 1 aromatic heterocycles. The number of amides is 1. The molecule has 0 aliphatic carbocycles. The Balaban J connectivity index is 0.000000311. The Hall–Kier alpha value is -3.46. The summed E-state index contributed by atoms with van der Waals surface area (Å²) in [5.41, 5.74) is 5.95. The van der Waals surface area contributed by atoms with E-state index in [0.717, 1.165) is 5.56 Å². The summed E-state index contributed by atoms with van der Waals surface area (Å²) in [6.45, 7) is 4.82. The number of nitrogens with two attached hydrogens (primary N) is 1. The fraction of sp³-hybridized carbons (Fsp3) is 0.364. The topological polar surface area (TPSA) is 127 Å². The van der Waals surface area contributed by atoms with Crippen LogP contribution in [0, 0.1) is 0 Å². The maximum atomic E-state index is 11.2. The van der Waals surface area contributed by atoms with E-state index in [-0.39, 0.29) is 35.4 Å². The van der Waals surface area contributed by atoms with Crippen molar-refractivity contribution in [2.75, 3.05) is 14.2 Å². The molecule has 9 nitrogen and oxygen atoms in total. The first-order valence-corrected chi connectivity index (χ1v) is 9.53. The van der Waals surface area contributed by atoms with Gasteiger partial charge in [0.1, 0.15) is 12.2 Å². The SMILES string of the molecule is CCC(=O)OC(C)C(OC)c1ccccc1.COc1ccnc(C(N)=O)c1OC(C)=O. The lowest BCUT2D eigenvalue weighted by molar-refractivity contribution is -0.154. The van der Waals surface area contributed by atoms with E-state index in [1.54, 1.807) is 14.0 Å². The van der Waals surface area contributed by atoms with Gasteiger partial charge in [-0.2, -0.15) is 0 Å². The van der Waals surface area contributed by atoms with Crippen LogP contribution in [0.1, 0.15) is 49.3 Å². The van der Waals surface area contributed by atoms with E-state index in [0.29, 0.717) is 6.42 Å². The number of benzene rings is 1. The highest BCUT2D eigenvalue weighted by Gasteiger charge is 2.21.